The van der Waals surface area contributed by atoms with Crippen LogP contribution >= 0.6 is 38.9 Å². The van der Waals surface area contributed by atoms with Gasteiger partial charge in [0.05, 0.1) is 4.88 Å². The van der Waals surface area contributed by atoms with Crippen molar-refractivity contribution in [1.82, 2.24) is 0 Å². The number of thiophene rings is 1. The second kappa shape index (κ2) is 6.65. The van der Waals surface area contributed by atoms with E-state index in [1.165, 1.54) is 17.4 Å². The maximum absolute atomic E-state index is 12.0. The van der Waals surface area contributed by atoms with Crippen molar-refractivity contribution < 1.29 is 9.21 Å². The number of ketones is 1. The molecule has 22 heavy (non-hydrogen) atoms. The van der Waals surface area contributed by atoms with E-state index < -0.39 is 0 Å². The smallest absolute Gasteiger partial charge is 0.195 e. The van der Waals surface area contributed by atoms with Crippen LogP contribution in [-0.2, 0) is 0 Å². The molecule has 0 atom stereocenters. The number of benzene rings is 1. The Morgan fingerprint density at radius 1 is 1.23 bits per heavy atom. The van der Waals surface area contributed by atoms with Gasteiger partial charge in [-0.2, -0.15) is 0 Å². The molecule has 3 aromatic rings. The van der Waals surface area contributed by atoms with E-state index in [1.54, 1.807) is 12.1 Å². The van der Waals surface area contributed by atoms with Gasteiger partial charge in [-0.1, -0.05) is 23.7 Å². The molecule has 0 aliphatic heterocycles. The second-order valence-corrected chi connectivity index (χ2v) is 6.80. The van der Waals surface area contributed by atoms with Gasteiger partial charge in [-0.25, -0.2) is 0 Å². The third kappa shape index (κ3) is 3.58. The van der Waals surface area contributed by atoms with Crippen LogP contribution in [0.25, 0.3) is 17.4 Å². The second-order valence-electron chi connectivity index (χ2n) is 4.54. The lowest BCUT2D eigenvalue weighted by molar-refractivity contribution is 0.105. The first-order valence-electron chi connectivity index (χ1n) is 6.44. The predicted octanol–water partition coefficient (Wildman–Crippen LogP) is 6.32. The summed E-state index contributed by atoms with van der Waals surface area (Å²) < 4.78 is 6.63. The van der Waals surface area contributed by atoms with Crippen molar-refractivity contribution in [1.29, 1.82) is 0 Å². The standard InChI is InChI=1S/C17H10BrClO2S/c18-12-9-17(22-10-12)15(20)6-4-14-5-7-16(21-14)11-2-1-3-13(19)8-11/h1-10H/b6-4+. The van der Waals surface area contributed by atoms with Crippen molar-refractivity contribution in [3.63, 3.8) is 0 Å². The molecule has 0 bridgehead atoms. The van der Waals surface area contributed by atoms with Gasteiger partial charge < -0.3 is 4.42 Å². The Kier molecular flexibility index (Phi) is 4.62. The van der Waals surface area contributed by atoms with E-state index in [9.17, 15) is 4.79 Å². The zero-order valence-corrected chi connectivity index (χ0v) is 14.4. The van der Waals surface area contributed by atoms with E-state index in [4.69, 9.17) is 16.0 Å². The Hall–Kier alpha value is -1.62. The van der Waals surface area contributed by atoms with Crippen molar-refractivity contribution in [2.24, 2.45) is 0 Å². The molecule has 0 aliphatic carbocycles. The normalized spacial score (nSPS) is 11.2. The number of allylic oxidation sites excluding steroid dienone is 1. The van der Waals surface area contributed by atoms with Gasteiger partial charge >= 0.3 is 0 Å². The highest BCUT2D eigenvalue weighted by atomic mass is 79.9. The summed E-state index contributed by atoms with van der Waals surface area (Å²) in [4.78, 5) is 12.7. The molecule has 0 spiro atoms. The Balaban J connectivity index is 1.77. The summed E-state index contributed by atoms with van der Waals surface area (Å²) in [6, 6.07) is 12.9. The minimum Gasteiger partial charge on any atom is -0.457 e. The van der Waals surface area contributed by atoms with E-state index >= 15 is 0 Å². The molecule has 110 valence electrons. The van der Waals surface area contributed by atoms with Crippen LogP contribution in [0.2, 0.25) is 5.02 Å². The van der Waals surface area contributed by atoms with Crippen LogP contribution in [0.3, 0.4) is 0 Å². The number of furan rings is 1. The van der Waals surface area contributed by atoms with Crippen LogP contribution in [0.4, 0.5) is 0 Å². The Bertz CT molecular complexity index is 848. The van der Waals surface area contributed by atoms with Crippen LogP contribution in [0.15, 0.2) is 62.8 Å². The van der Waals surface area contributed by atoms with Crippen molar-refractivity contribution in [3.8, 4) is 11.3 Å². The molecule has 2 heterocycles. The van der Waals surface area contributed by atoms with Gasteiger partial charge in [0.1, 0.15) is 11.5 Å². The van der Waals surface area contributed by atoms with E-state index in [0.717, 1.165) is 10.0 Å². The molecule has 0 fully saturated rings. The lowest BCUT2D eigenvalue weighted by Crippen LogP contribution is -1.88. The van der Waals surface area contributed by atoms with E-state index in [-0.39, 0.29) is 5.78 Å². The molecule has 0 amide bonds. The predicted molar refractivity (Wildman–Crippen MR) is 94.5 cm³/mol. The molecular weight excluding hydrogens is 384 g/mol. The van der Waals surface area contributed by atoms with Gasteiger partial charge in [-0.05, 0) is 58.4 Å². The van der Waals surface area contributed by atoms with Crippen molar-refractivity contribution in [2.45, 2.75) is 0 Å². The molecule has 0 aliphatic rings. The Morgan fingerprint density at radius 3 is 2.82 bits per heavy atom. The van der Waals surface area contributed by atoms with Gasteiger partial charge in [0.2, 0.25) is 0 Å². The number of rotatable bonds is 4. The molecule has 2 nitrogen and oxygen atoms in total. The fourth-order valence-electron chi connectivity index (χ4n) is 1.92. The maximum Gasteiger partial charge on any atom is 0.195 e. The van der Waals surface area contributed by atoms with Crippen molar-refractivity contribution in [2.75, 3.05) is 0 Å². The molecule has 5 heteroatoms. The van der Waals surface area contributed by atoms with Gasteiger partial charge in [0, 0.05) is 20.4 Å². The molecule has 0 saturated carbocycles. The van der Waals surface area contributed by atoms with E-state index in [0.29, 0.717) is 21.4 Å². The Morgan fingerprint density at radius 2 is 2.09 bits per heavy atom. The fraction of sp³-hybridized carbons (Fsp3) is 0. The number of halogens is 2. The van der Waals surface area contributed by atoms with E-state index in [1.807, 2.05) is 41.8 Å². The zero-order chi connectivity index (χ0) is 15.5. The number of hydrogen-bond acceptors (Lipinski definition) is 3. The lowest BCUT2D eigenvalue weighted by Gasteiger charge is -1.96. The number of carbonyl (C=O) groups excluding carboxylic acids is 1. The molecule has 0 radical (unpaired) electrons. The van der Waals surface area contributed by atoms with Gasteiger partial charge in [0.25, 0.3) is 0 Å². The third-order valence-corrected chi connectivity index (χ3v) is 4.89. The van der Waals surface area contributed by atoms with Gasteiger partial charge in [-0.15, -0.1) is 11.3 Å². The van der Waals surface area contributed by atoms with Crippen LogP contribution in [-0.4, -0.2) is 5.78 Å². The highest BCUT2D eigenvalue weighted by Crippen LogP contribution is 2.25. The minimum atomic E-state index is -0.0450. The minimum absolute atomic E-state index is 0.0450. The summed E-state index contributed by atoms with van der Waals surface area (Å²) in [7, 11) is 0. The van der Waals surface area contributed by atoms with Gasteiger partial charge in [-0.3, -0.25) is 4.79 Å². The quantitative estimate of drug-likeness (QED) is 0.383. The topological polar surface area (TPSA) is 30.2 Å². The average Bonchev–Trinajstić information content (AvgIpc) is 3.14. The molecule has 0 saturated heterocycles. The van der Waals surface area contributed by atoms with Crippen molar-refractivity contribution in [3.05, 3.63) is 74.1 Å². The zero-order valence-electron chi connectivity index (χ0n) is 11.3. The summed E-state index contributed by atoms with van der Waals surface area (Å²) in [5, 5.41) is 2.54. The van der Waals surface area contributed by atoms with Crippen molar-refractivity contribution >= 4 is 50.7 Å². The molecular formula is C17H10BrClO2S. The molecule has 2 aromatic heterocycles. The lowest BCUT2D eigenvalue weighted by atomic mass is 10.2. The van der Waals surface area contributed by atoms with Crippen LogP contribution in [0.1, 0.15) is 15.4 Å². The summed E-state index contributed by atoms with van der Waals surface area (Å²) in [5.74, 6) is 1.30. The van der Waals surface area contributed by atoms with E-state index in [2.05, 4.69) is 15.9 Å². The third-order valence-electron chi connectivity index (χ3n) is 2.95. The van der Waals surface area contributed by atoms with Crippen LogP contribution < -0.4 is 0 Å². The average molecular weight is 394 g/mol. The SMILES string of the molecule is O=C(/C=C/c1ccc(-c2cccc(Cl)c2)o1)c1cc(Br)cs1. The number of hydrogen-bond donors (Lipinski definition) is 0. The fourth-order valence-corrected chi connectivity index (χ4v) is 3.46. The largest absolute Gasteiger partial charge is 0.457 e. The molecule has 3 rings (SSSR count). The highest BCUT2D eigenvalue weighted by molar-refractivity contribution is 9.10. The maximum atomic E-state index is 12.0. The first-order valence-corrected chi connectivity index (χ1v) is 8.49. The monoisotopic (exact) mass is 392 g/mol. The Labute approximate surface area is 145 Å². The summed E-state index contributed by atoms with van der Waals surface area (Å²) in [6.45, 7) is 0. The summed E-state index contributed by atoms with van der Waals surface area (Å²) in [5.41, 5.74) is 0.903. The summed E-state index contributed by atoms with van der Waals surface area (Å²) in [6.07, 6.45) is 3.18. The summed E-state index contributed by atoms with van der Waals surface area (Å²) >= 11 is 10.7. The first-order chi connectivity index (χ1) is 10.6. The van der Waals surface area contributed by atoms with Crippen LogP contribution in [0, 0.1) is 0 Å². The molecule has 0 N–H and O–H groups in total. The first kappa shape index (κ1) is 15.3. The highest BCUT2D eigenvalue weighted by Gasteiger charge is 2.06. The molecule has 0 unspecified atom stereocenters. The molecule has 1 aromatic carbocycles. The van der Waals surface area contributed by atoms with Crippen LogP contribution in [0.5, 0.6) is 0 Å². The van der Waals surface area contributed by atoms with Gasteiger partial charge in [0.15, 0.2) is 5.78 Å². The number of carbonyl (C=O) groups is 1.